The van der Waals surface area contributed by atoms with E-state index in [9.17, 15) is 9.18 Å². The fourth-order valence-corrected chi connectivity index (χ4v) is 2.49. The number of pyridine rings is 2. The second-order valence-electron chi connectivity index (χ2n) is 5.93. The molecule has 3 aromatic rings. The van der Waals surface area contributed by atoms with Gasteiger partial charge in [-0.05, 0) is 54.4 Å². The minimum Gasteiger partial charge on any atom is -0.354 e. The van der Waals surface area contributed by atoms with E-state index in [1.165, 1.54) is 12.1 Å². The first-order valence-corrected chi connectivity index (χ1v) is 8.24. The van der Waals surface area contributed by atoms with E-state index in [1.807, 2.05) is 12.1 Å². The van der Waals surface area contributed by atoms with E-state index in [-0.39, 0.29) is 11.7 Å². The molecule has 0 spiro atoms. The van der Waals surface area contributed by atoms with E-state index in [0.29, 0.717) is 17.8 Å². The molecule has 0 atom stereocenters. The molecule has 5 nitrogen and oxygen atoms in total. The molecule has 6 heteroatoms. The number of likely N-dealkylation sites (N-methyl/N-ethyl adjacent to an activating group) is 1. The van der Waals surface area contributed by atoms with E-state index in [0.717, 1.165) is 17.7 Å². The summed E-state index contributed by atoms with van der Waals surface area (Å²) in [5, 5.41) is 3.12. The van der Waals surface area contributed by atoms with Crippen molar-refractivity contribution in [1.82, 2.24) is 14.9 Å². The monoisotopic (exact) mass is 350 g/mol. The number of aromatic nitrogens is 2. The summed E-state index contributed by atoms with van der Waals surface area (Å²) in [6.07, 6.45) is 7.40. The zero-order valence-electron chi connectivity index (χ0n) is 14.4. The number of rotatable bonds is 6. The number of benzene rings is 1. The van der Waals surface area contributed by atoms with Gasteiger partial charge in [0.2, 0.25) is 0 Å². The van der Waals surface area contributed by atoms with Gasteiger partial charge in [-0.1, -0.05) is 0 Å². The van der Waals surface area contributed by atoms with Crippen molar-refractivity contribution in [1.29, 1.82) is 0 Å². The lowest BCUT2D eigenvalue weighted by Crippen LogP contribution is -2.29. The van der Waals surface area contributed by atoms with Crippen molar-refractivity contribution < 1.29 is 9.18 Å². The summed E-state index contributed by atoms with van der Waals surface area (Å²) in [5.41, 5.74) is 3.02. The van der Waals surface area contributed by atoms with Crippen LogP contribution in [-0.4, -0.2) is 34.4 Å². The molecule has 0 aliphatic carbocycles. The largest absolute Gasteiger partial charge is 0.354 e. The molecule has 0 aliphatic rings. The van der Waals surface area contributed by atoms with E-state index in [1.54, 1.807) is 54.9 Å². The second kappa shape index (κ2) is 8.20. The Morgan fingerprint density at radius 2 is 1.77 bits per heavy atom. The quantitative estimate of drug-likeness (QED) is 0.737. The SMILES string of the molecule is CN(CCc1ccncc1)C(=O)c1cncc(Nc2ccc(F)cc2)c1. The van der Waals surface area contributed by atoms with Crippen LogP contribution < -0.4 is 5.32 Å². The van der Waals surface area contributed by atoms with Crippen LogP contribution in [-0.2, 0) is 6.42 Å². The number of nitrogens with one attached hydrogen (secondary N) is 1. The highest BCUT2D eigenvalue weighted by molar-refractivity contribution is 5.94. The highest BCUT2D eigenvalue weighted by atomic mass is 19.1. The Hall–Kier alpha value is -3.28. The minimum absolute atomic E-state index is 0.102. The summed E-state index contributed by atoms with van der Waals surface area (Å²) in [7, 11) is 1.77. The predicted molar refractivity (Wildman–Crippen MR) is 98.8 cm³/mol. The van der Waals surface area contributed by atoms with E-state index in [2.05, 4.69) is 15.3 Å². The van der Waals surface area contributed by atoms with Crippen molar-refractivity contribution in [2.45, 2.75) is 6.42 Å². The highest BCUT2D eigenvalue weighted by Gasteiger charge is 2.13. The molecular formula is C20H19FN4O. The Kier molecular flexibility index (Phi) is 5.53. The number of carbonyl (C=O) groups excluding carboxylic acids is 1. The van der Waals surface area contributed by atoms with E-state index in [4.69, 9.17) is 0 Å². The van der Waals surface area contributed by atoms with Crippen molar-refractivity contribution in [3.63, 3.8) is 0 Å². The van der Waals surface area contributed by atoms with Crippen molar-refractivity contribution in [2.75, 3.05) is 18.9 Å². The van der Waals surface area contributed by atoms with Gasteiger partial charge in [0.1, 0.15) is 5.82 Å². The molecule has 1 aromatic carbocycles. The van der Waals surface area contributed by atoms with Crippen LogP contribution in [0.4, 0.5) is 15.8 Å². The first kappa shape index (κ1) is 17.5. The van der Waals surface area contributed by atoms with Crippen molar-refractivity contribution >= 4 is 17.3 Å². The van der Waals surface area contributed by atoms with Crippen molar-refractivity contribution in [3.05, 3.63) is 84.2 Å². The van der Waals surface area contributed by atoms with Crippen LogP contribution in [0.1, 0.15) is 15.9 Å². The van der Waals surface area contributed by atoms with Gasteiger partial charge in [0.15, 0.2) is 0 Å². The van der Waals surface area contributed by atoms with E-state index < -0.39 is 0 Å². The maximum absolute atomic E-state index is 13.0. The number of carbonyl (C=O) groups is 1. The van der Waals surface area contributed by atoms with Gasteiger partial charge in [-0.3, -0.25) is 14.8 Å². The smallest absolute Gasteiger partial charge is 0.255 e. The predicted octanol–water partition coefficient (Wildman–Crippen LogP) is 3.67. The van der Waals surface area contributed by atoms with Crippen LogP contribution in [0.5, 0.6) is 0 Å². The zero-order valence-corrected chi connectivity index (χ0v) is 14.4. The fourth-order valence-electron chi connectivity index (χ4n) is 2.49. The van der Waals surface area contributed by atoms with Crippen LogP contribution in [0, 0.1) is 5.82 Å². The van der Waals surface area contributed by atoms with Gasteiger partial charge >= 0.3 is 0 Å². The minimum atomic E-state index is -0.298. The number of nitrogens with zero attached hydrogens (tertiary/aromatic N) is 3. The lowest BCUT2D eigenvalue weighted by Gasteiger charge is -2.17. The van der Waals surface area contributed by atoms with Gasteiger partial charge in [0.25, 0.3) is 5.91 Å². The average Bonchev–Trinajstić information content (AvgIpc) is 2.68. The first-order chi connectivity index (χ1) is 12.6. The molecule has 2 aromatic heterocycles. The number of hydrogen-bond acceptors (Lipinski definition) is 4. The summed E-state index contributed by atoms with van der Waals surface area (Å²) >= 11 is 0. The Labute approximate surface area is 151 Å². The molecule has 1 N–H and O–H groups in total. The summed E-state index contributed by atoms with van der Waals surface area (Å²) in [6, 6.07) is 11.6. The van der Waals surface area contributed by atoms with Crippen molar-refractivity contribution in [3.8, 4) is 0 Å². The summed E-state index contributed by atoms with van der Waals surface area (Å²) in [6.45, 7) is 0.596. The van der Waals surface area contributed by atoms with Gasteiger partial charge in [-0.2, -0.15) is 0 Å². The summed E-state index contributed by atoms with van der Waals surface area (Å²) in [4.78, 5) is 22.4. The Morgan fingerprint density at radius 1 is 1.04 bits per heavy atom. The zero-order chi connectivity index (χ0) is 18.4. The molecule has 0 saturated carbocycles. The number of anilines is 2. The van der Waals surface area contributed by atoms with Gasteiger partial charge < -0.3 is 10.2 Å². The normalized spacial score (nSPS) is 10.4. The molecule has 0 saturated heterocycles. The third-order valence-corrected chi connectivity index (χ3v) is 3.95. The van der Waals surface area contributed by atoms with Crippen LogP contribution in [0.15, 0.2) is 67.3 Å². The standard InChI is InChI=1S/C20H19FN4O/c1-25(11-8-15-6-9-22-10-7-15)20(26)16-12-19(14-23-13-16)24-18-4-2-17(21)3-5-18/h2-7,9-10,12-14,24H,8,11H2,1H3. The molecule has 0 bridgehead atoms. The van der Waals surface area contributed by atoms with E-state index >= 15 is 0 Å². The molecule has 0 aliphatic heterocycles. The molecule has 3 rings (SSSR count). The number of amides is 1. The first-order valence-electron chi connectivity index (χ1n) is 8.24. The second-order valence-corrected chi connectivity index (χ2v) is 5.93. The molecule has 132 valence electrons. The van der Waals surface area contributed by atoms with Gasteiger partial charge in [0.05, 0.1) is 17.4 Å². The summed E-state index contributed by atoms with van der Waals surface area (Å²) < 4.78 is 13.0. The highest BCUT2D eigenvalue weighted by Crippen LogP contribution is 2.17. The third-order valence-electron chi connectivity index (χ3n) is 3.95. The fraction of sp³-hybridized carbons (Fsp3) is 0.150. The molecule has 26 heavy (non-hydrogen) atoms. The van der Waals surface area contributed by atoms with Crippen LogP contribution in [0.3, 0.4) is 0 Å². The average molecular weight is 350 g/mol. The lowest BCUT2D eigenvalue weighted by atomic mass is 10.2. The van der Waals surface area contributed by atoms with Crippen LogP contribution in [0.25, 0.3) is 0 Å². The van der Waals surface area contributed by atoms with Crippen LogP contribution >= 0.6 is 0 Å². The maximum Gasteiger partial charge on any atom is 0.255 e. The van der Waals surface area contributed by atoms with Gasteiger partial charge in [0, 0.05) is 37.9 Å². The number of hydrogen-bond donors (Lipinski definition) is 1. The molecule has 0 radical (unpaired) electrons. The maximum atomic E-state index is 13.0. The molecule has 1 amide bonds. The molecule has 0 fully saturated rings. The van der Waals surface area contributed by atoms with Gasteiger partial charge in [-0.15, -0.1) is 0 Å². The van der Waals surface area contributed by atoms with Gasteiger partial charge in [-0.25, -0.2) is 4.39 Å². The molecule has 0 unspecified atom stereocenters. The Morgan fingerprint density at radius 3 is 2.50 bits per heavy atom. The third kappa shape index (κ3) is 4.63. The van der Waals surface area contributed by atoms with Crippen molar-refractivity contribution in [2.24, 2.45) is 0 Å². The Balaban J connectivity index is 1.64. The summed E-state index contributed by atoms with van der Waals surface area (Å²) in [5.74, 6) is -0.400. The lowest BCUT2D eigenvalue weighted by molar-refractivity contribution is 0.0796. The van der Waals surface area contributed by atoms with Crippen LogP contribution in [0.2, 0.25) is 0 Å². The topological polar surface area (TPSA) is 58.1 Å². The molecular weight excluding hydrogens is 331 g/mol. The Bertz CT molecular complexity index is 868. The molecule has 2 heterocycles. The number of halogens is 1.